The van der Waals surface area contributed by atoms with Gasteiger partial charge in [0.2, 0.25) is 0 Å². The Bertz CT molecular complexity index is 1280. The summed E-state index contributed by atoms with van der Waals surface area (Å²) in [6.45, 7) is -3.56. The number of rotatable bonds is 7. The highest BCUT2D eigenvalue weighted by Crippen LogP contribution is 2.54. The lowest BCUT2D eigenvalue weighted by Crippen LogP contribution is -2.68. The highest BCUT2D eigenvalue weighted by molar-refractivity contribution is 8.07. The molecular formula is C30H25O2PSi. The number of hydrogen-bond donors (Lipinski definition) is 0. The van der Waals surface area contributed by atoms with Crippen molar-refractivity contribution in [2.45, 2.75) is 0 Å². The van der Waals surface area contributed by atoms with Gasteiger partial charge >= 0.3 is 0 Å². The Labute approximate surface area is 201 Å². The second-order valence-electron chi connectivity index (χ2n) is 8.10. The van der Waals surface area contributed by atoms with Crippen LogP contribution in [-0.4, -0.2) is 7.74 Å². The number of benzene rings is 5. The molecule has 5 rings (SSSR count). The zero-order valence-corrected chi connectivity index (χ0v) is 20.6. The quantitative estimate of drug-likeness (QED) is 0.180. The van der Waals surface area contributed by atoms with Crippen LogP contribution in [0.2, 0.25) is 0 Å². The highest BCUT2D eigenvalue weighted by Gasteiger charge is 2.58. The molecule has 34 heavy (non-hydrogen) atoms. The Hall–Kier alpha value is -3.65. The third-order valence-corrected chi connectivity index (χ3v) is 17.9. The van der Waals surface area contributed by atoms with Gasteiger partial charge in [-0.1, -0.05) is 127 Å². The molecule has 1 atom stereocenters. The van der Waals surface area contributed by atoms with Crippen molar-refractivity contribution in [1.29, 1.82) is 0 Å². The van der Waals surface area contributed by atoms with Crippen molar-refractivity contribution in [2.24, 2.45) is 0 Å². The summed E-state index contributed by atoms with van der Waals surface area (Å²) in [5, 5.41) is 3.88. The molecule has 0 saturated carbocycles. The van der Waals surface area contributed by atoms with Crippen LogP contribution < -0.4 is 25.4 Å². The molecule has 5 aromatic carbocycles. The molecule has 0 heterocycles. The molecule has 0 N–H and O–H groups in total. The van der Waals surface area contributed by atoms with Gasteiger partial charge in [-0.3, -0.25) is 4.57 Å². The second kappa shape index (κ2) is 9.68. The fourth-order valence-corrected chi connectivity index (χ4v) is 17.0. The van der Waals surface area contributed by atoms with Gasteiger partial charge in [0.25, 0.3) is 14.7 Å². The van der Waals surface area contributed by atoms with E-state index in [1.807, 2.05) is 115 Å². The molecule has 0 radical (unpaired) electrons. The lowest BCUT2D eigenvalue weighted by Gasteiger charge is -2.39. The molecule has 5 aromatic rings. The van der Waals surface area contributed by atoms with Crippen LogP contribution in [0.1, 0.15) is 0 Å². The van der Waals surface area contributed by atoms with Crippen molar-refractivity contribution in [1.82, 2.24) is 0 Å². The minimum absolute atomic E-state index is 0.606. The van der Waals surface area contributed by atoms with E-state index in [1.54, 1.807) is 0 Å². The summed E-state index contributed by atoms with van der Waals surface area (Å²) < 4.78 is 22.6. The Kier molecular flexibility index (Phi) is 6.31. The van der Waals surface area contributed by atoms with Gasteiger partial charge in [0.15, 0.2) is 0 Å². The van der Waals surface area contributed by atoms with E-state index in [-0.39, 0.29) is 0 Å². The Morgan fingerprint density at radius 3 is 1.15 bits per heavy atom. The normalized spacial score (nSPS) is 13.1. The molecule has 1 unspecified atom stereocenters. The van der Waals surface area contributed by atoms with Crippen LogP contribution >= 0.6 is 6.92 Å². The van der Waals surface area contributed by atoms with E-state index >= 15 is 4.57 Å². The zero-order valence-electron chi connectivity index (χ0n) is 18.7. The van der Waals surface area contributed by atoms with Gasteiger partial charge in [-0.05, 0) is 39.8 Å². The number of para-hydroxylation sites is 1. The van der Waals surface area contributed by atoms with Crippen LogP contribution in [0, 0.1) is 0 Å². The zero-order chi connectivity index (χ0) is 23.3. The summed E-state index contributed by atoms with van der Waals surface area (Å²) in [5.74, 6) is 0.606. The van der Waals surface area contributed by atoms with E-state index in [0.717, 1.165) is 20.9 Å². The Morgan fingerprint density at radius 1 is 0.441 bits per heavy atom. The maximum atomic E-state index is 15.8. The highest BCUT2D eigenvalue weighted by atomic mass is 31.4. The van der Waals surface area contributed by atoms with Gasteiger partial charge in [-0.25, -0.2) is 0 Å². The lowest BCUT2D eigenvalue weighted by molar-refractivity contribution is 0.506. The van der Waals surface area contributed by atoms with Gasteiger partial charge < -0.3 is 4.52 Å². The summed E-state index contributed by atoms with van der Waals surface area (Å²) in [6, 6.07) is 50.1. The largest absolute Gasteiger partial charge is 0.443 e. The molecule has 0 bridgehead atoms. The van der Waals surface area contributed by atoms with Crippen molar-refractivity contribution in [3.63, 3.8) is 0 Å². The van der Waals surface area contributed by atoms with Crippen molar-refractivity contribution < 1.29 is 9.09 Å². The predicted molar refractivity (Wildman–Crippen MR) is 145 cm³/mol. The van der Waals surface area contributed by atoms with E-state index in [4.69, 9.17) is 4.52 Å². The van der Waals surface area contributed by atoms with Gasteiger partial charge in [-0.15, -0.1) is 0 Å². The third-order valence-electron chi connectivity index (χ3n) is 6.09. The van der Waals surface area contributed by atoms with E-state index in [2.05, 4.69) is 36.4 Å². The van der Waals surface area contributed by atoms with E-state index in [1.165, 1.54) is 0 Å². The van der Waals surface area contributed by atoms with Gasteiger partial charge in [-0.2, -0.15) is 0 Å². The first-order valence-electron chi connectivity index (χ1n) is 11.3. The predicted octanol–water partition coefficient (Wildman–Crippen LogP) is 5.34. The van der Waals surface area contributed by atoms with Crippen LogP contribution in [0.25, 0.3) is 0 Å². The smallest absolute Gasteiger partial charge is 0.270 e. The topological polar surface area (TPSA) is 26.3 Å². The first kappa shape index (κ1) is 22.2. The standard InChI is InChI=1S/C30H25O2PSi/c31-33(27-18-8-2-9-19-27,32-26-16-6-1-7-17-26)34(28-20-10-3-11-21-28,29-22-12-4-13-23-29)30-24-14-5-15-25-30/h1-25H. The summed E-state index contributed by atoms with van der Waals surface area (Å²) in [7, 11) is -3.27. The van der Waals surface area contributed by atoms with E-state index < -0.39 is 14.7 Å². The Balaban J connectivity index is 1.93. The average Bonchev–Trinajstić information content (AvgIpc) is 2.92. The van der Waals surface area contributed by atoms with E-state index in [9.17, 15) is 0 Å². The van der Waals surface area contributed by atoms with E-state index in [0.29, 0.717) is 5.75 Å². The van der Waals surface area contributed by atoms with Gasteiger partial charge in [0, 0.05) is 5.30 Å². The van der Waals surface area contributed by atoms with Crippen molar-refractivity contribution >= 4 is 35.5 Å². The molecule has 0 fully saturated rings. The third kappa shape index (κ3) is 3.84. The van der Waals surface area contributed by atoms with Crippen LogP contribution in [0.15, 0.2) is 152 Å². The molecule has 4 heteroatoms. The molecule has 0 amide bonds. The van der Waals surface area contributed by atoms with Crippen LogP contribution in [0.4, 0.5) is 0 Å². The van der Waals surface area contributed by atoms with Crippen LogP contribution in [0.3, 0.4) is 0 Å². The molecule has 0 saturated heterocycles. The summed E-state index contributed by atoms with van der Waals surface area (Å²) in [5.41, 5.74) is 0. The molecule has 166 valence electrons. The first-order chi connectivity index (χ1) is 16.7. The van der Waals surface area contributed by atoms with Crippen molar-refractivity contribution in [2.75, 3.05) is 0 Å². The lowest BCUT2D eigenvalue weighted by atomic mass is 10.3. The van der Waals surface area contributed by atoms with Crippen LogP contribution in [-0.2, 0) is 4.57 Å². The molecule has 0 aliphatic carbocycles. The summed E-state index contributed by atoms with van der Waals surface area (Å²) in [6.07, 6.45) is 0. The van der Waals surface area contributed by atoms with Crippen molar-refractivity contribution in [3.8, 4) is 5.75 Å². The first-order valence-corrected chi connectivity index (χ1v) is 15.8. The minimum Gasteiger partial charge on any atom is -0.443 e. The molecule has 0 spiro atoms. The average molecular weight is 477 g/mol. The summed E-state index contributed by atoms with van der Waals surface area (Å²) in [4.78, 5) is 0. The molecule has 0 aromatic heterocycles. The monoisotopic (exact) mass is 476 g/mol. The molecule has 0 aliphatic rings. The Morgan fingerprint density at radius 2 is 0.765 bits per heavy atom. The van der Waals surface area contributed by atoms with Gasteiger partial charge in [0.1, 0.15) is 5.75 Å². The fourth-order valence-electron chi connectivity index (χ4n) is 4.62. The maximum absolute atomic E-state index is 15.8. The van der Waals surface area contributed by atoms with Gasteiger partial charge in [0.05, 0.1) is 0 Å². The SMILES string of the molecule is O=P(Oc1ccccc1)(c1ccccc1)[Si](c1ccccc1)(c1ccccc1)c1ccccc1. The summed E-state index contributed by atoms with van der Waals surface area (Å²) >= 11 is 0. The van der Waals surface area contributed by atoms with Crippen LogP contribution in [0.5, 0.6) is 5.75 Å². The number of hydrogen-bond acceptors (Lipinski definition) is 2. The maximum Gasteiger partial charge on any atom is 0.270 e. The van der Waals surface area contributed by atoms with Crippen molar-refractivity contribution in [3.05, 3.63) is 152 Å². The molecule has 2 nitrogen and oxygen atoms in total. The molecule has 0 aliphatic heterocycles. The fraction of sp³-hybridized carbons (Fsp3) is 0. The minimum atomic E-state index is -3.56. The second-order valence-corrected chi connectivity index (χ2v) is 16.8. The molecular weight excluding hydrogens is 451 g/mol.